The largest absolute Gasteiger partial charge is 0.481 e. The number of benzene rings is 1. The van der Waals surface area contributed by atoms with Crippen molar-refractivity contribution < 1.29 is 14.7 Å². The van der Waals surface area contributed by atoms with Crippen molar-refractivity contribution in [2.45, 2.75) is 32.7 Å². The van der Waals surface area contributed by atoms with E-state index >= 15 is 0 Å². The molecule has 1 aromatic carbocycles. The van der Waals surface area contributed by atoms with Gasteiger partial charge < -0.3 is 10.4 Å². The van der Waals surface area contributed by atoms with E-state index in [1.54, 1.807) is 25.1 Å². The van der Waals surface area contributed by atoms with Crippen molar-refractivity contribution in [3.8, 4) is 0 Å². The maximum Gasteiger partial charge on any atom is 0.303 e. The number of carbonyl (C=O) groups is 2. The van der Waals surface area contributed by atoms with Crippen LogP contribution in [-0.4, -0.2) is 23.0 Å². The van der Waals surface area contributed by atoms with Crippen LogP contribution in [0.15, 0.2) is 18.2 Å². The fourth-order valence-electron chi connectivity index (χ4n) is 1.60. The highest BCUT2D eigenvalue weighted by Gasteiger charge is 2.13. The molecule has 0 radical (unpaired) electrons. The molecular formula is C13H16ClNO3. The summed E-state index contributed by atoms with van der Waals surface area (Å²) in [6.07, 6.45) is 0.453. The summed E-state index contributed by atoms with van der Waals surface area (Å²) in [5, 5.41) is 11.9. The molecule has 0 aliphatic heterocycles. The highest BCUT2D eigenvalue weighted by molar-refractivity contribution is 6.30. The van der Waals surface area contributed by atoms with Crippen LogP contribution in [0.3, 0.4) is 0 Å². The van der Waals surface area contributed by atoms with Gasteiger partial charge in [-0.3, -0.25) is 9.59 Å². The van der Waals surface area contributed by atoms with E-state index in [4.69, 9.17) is 16.7 Å². The number of carboxylic acid groups (broad SMARTS) is 1. The number of amides is 1. The molecule has 1 amide bonds. The first-order chi connectivity index (χ1) is 8.40. The van der Waals surface area contributed by atoms with E-state index < -0.39 is 5.97 Å². The SMILES string of the molecule is Cc1cc(Cl)ccc1C(=O)NC(C)CCC(=O)O. The number of hydrogen-bond donors (Lipinski definition) is 2. The molecule has 0 aromatic heterocycles. The Morgan fingerprint density at radius 2 is 2.11 bits per heavy atom. The van der Waals surface area contributed by atoms with Gasteiger partial charge in [-0.1, -0.05) is 11.6 Å². The maximum atomic E-state index is 11.9. The maximum absolute atomic E-state index is 11.9. The van der Waals surface area contributed by atoms with E-state index in [2.05, 4.69) is 5.32 Å². The van der Waals surface area contributed by atoms with Crippen molar-refractivity contribution in [3.63, 3.8) is 0 Å². The van der Waals surface area contributed by atoms with E-state index in [1.807, 2.05) is 6.92 Å². The van der Waals surface area contributed by atoms with Crippen LogP contribution >= 0.6 is 11.6 Å². The van der Waals surface area contributed by atoms with Gasteiger partial charge in [0.2, 0.25) is 0 Å². The molecule has 4 nitrogen and oxygen atoms in total. The van der Waals surface area contributed by atoms with Crippen LogP contribution in [-0.2, 0) is 4.79 Å². The van der Waals surface area contributed by atoms with Crippen molar-refractivity contribution in [1.29, 1.82) is 0 Å². The summed E-state index contributed by atoms with van der Waals surface area (Å²) in [5.74, 6) is -1.07. The zero-order valence-electron chi connectivity index (χ0n) is 10.4. The molecule has 18 heavy (non-hydrogen) atoms. The second kappa shape index (κ2) is 6.40. The Kier molecular flexibility index (Phi) is 5.16. The molecule has 0 heterocycles. The topological polar surface area (TPSA) is 66.4 Å². The Labute approximate surface area is 111 Å². The van der Waals surface area contributed by atoms with Gasteiger partial charge in [0.05, 0.1) is 0 Å². The third-order valence-corrected chi connectivity index (χ3v) is 2.84. The molecule has 1 aromatic rings. The minimum atomic E-state index is -0.862. The normalized spacial score (nSPS) is 11.9. The second-order valence-corrected chi connectivity index (χ2v) is 4.70. The zero-order valence-corrected chi connectivity index (χ0v) is 11.1. The lowest BCUT2D eigenvalue weighted by molar-refractivity contribution is -0.137. The van der Waals surface area contributed by atoms with Crippen molar-refractivity contribution >= 4 is 23.5 Å². The first kappa shape index (κ1) is 14.5. The molecule has 0 bridgehead atoms. The van der Waals surface area contributed by atoms with Gasteiger partial charge in [-0.05, 0) is 44.0 Å². The summed E-state index contributed by atoms with van der Waals surface area (Å²) in [5.41, 5.74) is 1.35. The van der Waals surface area contributed by atoms with E-state index in [1.165, 1.54) is 0 Å². The Morgan fingerprint density at radius 1 is 1.44 bits per heavy atom. The van der Waals surface area contributed by atoms with Crippen LogP contribution in [0.4, 0.5) is 0 Å². The summed E-state index contributed by atoms with van der Waals surface area (Å²) in [4.78, 5) is 22.4. The molecule has 0 saturated carbocycles. The lowest BCUT2D eigenvalue weighted by Gasteiger charge is -2.14. The number of aryl methyl sites for hydroxylation is 1. The van der Waals surface area contributed by atoms with E-state index in [0.29, 0.717) is 17.0 Å². The van der Waals surface area contributed by atoms with Crippen LogP contribution in [0.1, 0.15) is 35.7 Å². The summed E-state index contributed by atoms with van der Waals surface area (Å²) in [6, 6.07) is 4.87. The molecule has 0 aliphatic rings. The number of halogens is 1. The van der Waals surface area contributed by atoms with Crippen LogP contribution in [0.2, 0.25) is 5.02 Å². The monoisotopic (exact) mass is 269 g/mol. The number of carbonyl (C=O) groups excluding carboxylic acids is 1. The van der Waals surface area contributed by atoms with Gasteiger partial charge in [0.1, 0.15) is 0 Å². The highest BCUT2D eigenvalue weighted by Crippen LogP contribution is 2.15. The second-order valence-electron chi connectivity index (χ2n) is 4.27. The lowest BCUT2D eigenvalue weighted by Crippen LogP contribution is -2.33. The molecular weight excluding hydrogens is 254 g/mol. The molecule has 98 valence electrons. The van der Waals surface area contributed by atoms with Gasteiger partial charge in [0.15, 0.2) is 0 Å². The summed E-state index contributed by atoms with van der Waals surface area (Å²) < 4.78 is 0. The Balaban J connectivity index is 2.62. The number of aliphatic carboxylic acids is 1. The fraction of sp³-hybridized carbons (Fsp3) is 0.385. The first-order valence-corrected chi connectivity index (χ1v) is 6.06. The average molecular weight is 270 g/mol. The zero-order chi connectivity index (χ0) is 13.7. The molecule has 0 fully saturated rings. The number of carboxylic acids is 1. The van der Waals surface area contributed by atoms with Crippen molar-refractivity contribution in [2.75, 3.05) is 0 Å². The van der Waals surface area contributed by atoms with Crippen LogP contribution < -0.4 is 5.32 Å². The molecule has 1 unspecified atom stereocenters. The average Bonchev–Trinajstić information content (AvgIpc) is 2.26. The molecule has 1 atom stereocenters. The smallest absolute Gasteiger partial charge is 0.303 e. The van der Waals surface area contributed by atoms with Gasteiger partial charge in [-0.2, -0.15) is 0 Å². The molecule has 0 aliphatic carbocycles. The van der Waals surface area contributed by atoms with Gasteiger partial charge in [0.25, 0.3) is 5.91 Å². The minimum Gasteiger partial charge on any atom is -0.481 e. The van der Waals surface area contributed by atoms with Crippen LogP contribution in [0.25, 0.3) is 0 Å². The first-order valence-electron chi connectivity index (χ1n) is 5.69. The Bertz CT molecular complexity index is 460. The molecule has 0 spiro atoms. The highest BCUT2D eigenvalue weighted by atomic mass is 35.5. The predicted octanol–water partition coefficient (Wildman–Crippen LogP) is 2.63. The number of nitrogens with one attached hydrogen (secondary N) is 1. The van der Waals surface area contributed by atoms with Gasteiger partial charge >= 0.3 is 5.97 Å². The third kappa shape index (κ3) is 4.37. The summed E-state index contributed by atoms with van der Waals surface area (Å²) in [7, 11) is 0. The number of rotatable bonds is 5. The van der Waals surface area contributed by atoms with E-state index in [9.17, 15) is 9.59 Å². The lowest BCUT2D eigenvalue weighted by atomic mass is 10.1. The Morgan fingerprint density at radius 3 is 2.67 bits per heavy atom. The molecule has 1 rings (SSSR count). The Hall–Kier alpha value is -1.55. The van der Waals surface area contributed by atoms with Crippen molar-refractivity contribution in [2.24, 2.45) is 0 Å². The molecule has 5 heteroatoms. The standard InChI is InChI=1S/C13H16ClNO3/c1-8-7-10(14)4-5-11(8)13(18)15-9(2)3-6-12(16)17/h4-5,7,9H,3,6H2,1-2H3,(H,15,18)(H,16,17). The predicted molar refractivity (Wildman–Crippen MR) is 70.0 cm³/mol. The summed E-state index contributed by atoms with van der Waals surface area (Å²) in [6.45, 7) is 3.59. The summed E-state index contributed by atoms with van der Waals surface area (Å²) >= 11 is 5.81. The van der Waals surface area contributed by atoms with E-state index in [-0.39, 0.29) is 18.4 Å². The van der Waals surface area contributed by atoms with Crippen molar-refractivity contribution in [1.82, 2.24) is 5.32 Å². The van der Waals surface area contributed by atoms with Crippen molar-refractivity contribution in [3.05, 3.63) is 34.3 Å². The van der Waals surface area contributed by atoms with Gasteiger partial charge in [-0.25, -0.2) is 0 Å². The third-order valence-electron chi connectivity index (χ3n) is 2.60. The molecule has 2 N–H and O–H groups in total. The van der Waals surface area contributed by atoms with E-state index in [0.717, 1.165) is 5.56 Å². The minimum absolute atomic E-state index is 0.0427. The van der Waals surface area contributed by atoms with Crippen LogP contribution in [0, 0.1) is 6.92 Å². The van der Waals surface area contributed by atoms with Gasteiger partial charge in [-0.15, -0.1) is 0 Å². The number of hydrogen-bond acceptors (Lipinski definition) is 2. The molecule has 0 saturated heterocycles. The van der Waals surface area contributed by atoms with Gasteiger partial charge in [0, 0.05) is 23.0 Å². The van der Waals surface area contributed by atoms with Crippen LogP contribution in [0.5, 0.6) is 0 Å². The fourth-order valence-corrected chi connectivity index (χ4v) is 1.82. The quantitative estimate of drug-likeness (QED) is 0.863.